The van der Waals surface area contributed by atoms with E-state index in [4.69, 9.17) is 4.74 Å². The molecule has 0 saturated heterocycles. The smallest absolute Gasteiger partial charge is 0.269 e. The first-order chi connectivity index (χ1) is 15.0. The van der Waals surface area contributed by atoms with Crippen LogP contribution in [-0.2, 0) is 4.79 Å². The minimum absolute atomic E-state index is 0.0950. The molecule has 0 unspecified atom stereocenters. The number of thioether (sulfide) groups is 1. The summed E-state index contributed by atoms with van der Waals surface area (Å²) in [5, 5.41) is 20.3. The maximum absolute atomic E-state index is 12.7. The highest BCUT2D eigenvalue weighted by Crippen LogP contribution is 2.43. The number of fused-ring (bicyclic) bond motifs is 3. The van der Waals surface area contributed by atoms with Crippen LogP contribution in [0.3, 0.4) is 0 Å². The Kier molecular flexibility index (Phi) is 5.81. The molecule has 0 bridgehead atoms. The SMILES string of the molecule is CCCSc1nnc2c(n1)O[C@H](c1cccc([N+](=O)[O-])c1)N(C(C)=O)c1ccccc1-2. The molecular weight excluding hydrogens is 418 g/mol. The average Bonchev–Trinajstić information content (AvgIpc) is 2.92. The third-order valence-electron chi connectivity index (χ3n) is 4.65. The van der Waals surface area contributed by atoms with Crippen molar-refractivity contribution in [3.63, 3.8) is 0 Å². The lowest BCUT2D eigenvalue weighted by molar-refractivity contribution is -0.385. The van der Waals surface area contributed by atoms with E-state index in [0.29, 0.717) is 27.7 Å². The fraction of sp³-hybridized carbons (Fsp3) is 0.238. The highest BCUT2D eigenvalue weighted by atomic mass is 32.2. The van der Waals surface area contributed by atoms with Gasteiger partial charge in [0.15, 0.2) is 5.69 Å². The molecule has 2 aromatic carbocycles. The summed E-state index contributed by atoms with van der Waals surface area (Å²) in [6, 6.07) is 13.3. The van der Waals surface area contributed by atoms with Crippen LogP contribution in [0, 0.1) is 10.1 Å². The fourth-order valence-electron chi connectivity index (χ4n) is 3.32. The number of nitrogens with zero attached hydrogens (tertiary/aromatic N) is 5. The van der Waals surface area contributed by atoms with Crippen molar-refractivity contribution in [1.82, 2.24) is 15.2 Å². The molecule has 0 spiro atoms. The molecule has 1 aromatic heterocycles. The third-order valence-corrected chi connectivity index (χ3v) is 5.70. The van der Waals surface area contributed by atoms with Gasteiger partial charge < -0.3 is 4.74 Å². The van der Waals surface area contributed by atoms with Crippen LogP contribution in [0.25, 0.3) is 11.3 Å². The van der Waals surface area contributed by atoms with Crippen molar-refractivity contribution in [3.8, 4) is 17.1 Å². The number of carbonyl (C=O) groups excluding carboxylic acids is 1. The Morgan fingerprint density at radius 1 is 1.23 bits per heavy atom. The van der Waals surface area contributed by atoms with E-state index < -0.39 is 11.2 Å². The number of aromatic nitrogens is 3. The second kappa shape index (κ2) is 8.68. The molecule has 2 heterocycles. The molecule has 0 radical (unpaired) electrons. The average molecular weight is 437 g/mol. The standard InChI is InChI=1S/C21H19N5O4S/c1-3-11-31-21-22-19-18(23-24-21)16-9-4-5-10-17(16)25(13(2)27)20(30-19)14-7-6-8-15(12-14)26(28)29/h4-10,12,20H,3,11H2,1-2H3/t20-/m1/s1. The molecule has 1 atom stereocenters. The van der Waals surface area contributed by atoms with Crippen LogP contribution in [0.1, 0.15) is 32.1 Å². The quantitative estimate of drug-likeness (QED) is 0.328. The van der Waals surface area contributed by atoms with Gasteiger partial charge in [-0.1, -0.05) is 49.0 Å². The molecule has 3 aromatic rings. The van der Waals surface area contributed by atoms with Gasteiger partial charge >= 0.3 is 0 Å². The number of hydrogen-bond donors (Lipinski definition) is 0. The molecule has 0 saturated carbocycles. The first-order valence-corrected chi connectivity index (χ1v) is 10.7. The van der Waals surface area contributed by atoms with E-state index >= 15 is 0 Å². The summed E-state index contributed by atoms with van der Waals surface area (Å²) in [7, 11) is 0. The number of anilines is 1. The topological polar surface area (TPSA) is 111 Å². The van der Waals surface area contributed by atoms with Gasteiger partial charge in [0.25, 0.3) is 5.69 Å². The van der Waals surface area contributed by atoms with Gasteiger partial charge in [0.2, 0.25) is 23.2 Å². The van der Waals surface area contributed by atoms with E-state index in [-0.39, 0.29) is 17.5 Å². The zero-order valence-electron chi connectivity index (χ0n) is 16.9. The summed E-state index contributed by atoms with van der Waals surface area (Å²) in [5.74, 6) is 0.761. The van der Waals surface area contributed by atoms with Crippen molar-refractivity contribution in [2.24, 2.45) is 0 Å². The molecule has 1 aliphatic heterocycles. The van der Waals surface area contributed by atoms with Crippen LogP contribution in [-0.4, -0.2) is 31.8 Å². The number of non-ortho nitro benzene ring substituents is 1. The minimum atomic E-state index is -0.958. The number of para-hydroxylation sites is 1. The van der Waals surface area contributed by atoms with E-state index in [2.05, 4.69) is 22.1 Å². The van der Waals surface area contributed by atoms with E-state index in [9.17, 15) is 14.9 Å². The van der Waals surface area contributed by atoms with Gasteiger partial charge in [-0.2, -0.15) is 4.98 Å². The van der Waals surface area contributed by atoms with E-state index in [1.807, 2.05) is 12.1 Å². The van der Waals surface area contributed by atoms with Gasteiger partial charge in [-0.15, -0.1) is 10.2 Å². The Bertz CT molecular complexity index is 1160. The third kappa shape index (κ3) is 4.06. The van der Waals surface area contributed by atoms with Crippen LogP contribution < -0.4 is 9.64 Å². The van der Waals surface area contributed by atoms with Crippen molar-refractivity contribution in [1.29, 1.82) is 0 Å². The van der Waals surface area contributed by atoms with Gasteiger partial charge in [0, 0.05) is 35.9 Å². The maximum Gasteiger partial charge on any atom is 0.269 e. The second-order valence-electron chi connectivity index (χ2n) is 6.83. The first kappa shape index (κ1) is 20.7. The summed E-state index contributed by atoms with van der Waals surface area (Å²) < 4.78 is 6.21. The van der Waals surface area contributed by atoms with E-state index in [0.717, 1.165) is 12.2 Å². The lowest BCUT2D eigenvalue weighted by Gasteiger charge is -2.29. The molecule has 158 valence electrons. The number of nitro groups is 1. The van der Waals surface area contributed by atoms with Crippen LogP contribution in [0.4, 0.5) is 11.4 Å². The van der Waals surface area contributed by atoms with Crippen molar-refractivity contribution in [2.45, 2.75) is 31.7 Å². The number of hydrogen-bond acceptors (Lipinski definition) is 8. The number of nitro benzene ring substituents is 1. The van der Waals surface area contributed by atoms with Gasteiger partial charge in [-0.05, 0) is 12.5 Å². The first-order valence-electron chi connectivity index (χ1n) is 9.67. The molecule has 10 heteroatoms. The molecule has 0 N–H and O–H groups in total. The monoisotopic (exact) mass is 437 g/mol. The Morgan fingerprint density at radius 3 is 2.77 bits per heavy atom. The van der Waals surface area contributed by atoms with Crippen LogP contribution in [0.2, 0.25) is 0 Å². The number of benzene rings is 2. The molecule has 31 heavy (non-hydrogen) atoms. The number of amides is 1. The van der Waals surface area contributed by atoms with Gasteiger partial charge in [-0.25, -0.2) is 0 Å². The molecular formula is C21H19N5O4S. The zero-order chi connectivity index (χ0) is 22.0. The lowest BCUT2D eigenvalue weighted by Crippen LogP contribution is -2.36. The van der Waals surface area contributed by atoms with Crippen LogP contribution in [0.15, 0.2) is 53.7 Å². The Morgan fingerprint density at radius 2 is 2.03 bits per heavy atom. The summed E-state index contributed by atoms with van der Waals surface area (Å²) >= 11 is 1.46. The molecule has 1 amide bonds. The van der Waals surface area contributed by atoms with Gasteiger partial charge in [0.1, 0.15) is 0 Å². The molecule has 4 rings (SSSR count). The molecule has 0 aliphatic carbocycles. The summed E-state index contributed by atoms with van der Waals surface area (Å²) in [4.78, 5) is 29.5. The molecule has 9 nitrogen and oxygen atoms in total. The Labute approximate surface area is 182 Å². The number of carbonyl (C=O) groups is 1. The van der Waals surface area contributed by atoms with Crippen molar-refractivity contribution in [2.75, 3.05) is 10.7 Å². The number of rotatable bonds is 5. The minimum Gasteiger partial charge on any atom is -0.447 e. The maximum atomic E-state index is 12.7. The van der Waals surface area contributed by atoms with E-state index in [1.165, 1.54) is 35.7 Å². The van der Waals surface area contributed by atoms with Gasteiger partial charge in [0.05, 0.1) is 10.6 Å². The van der Waals surface area contributed by atoms with E-state index in [1.54, 1.807) is 24.3 Å². The molecule has 0 fully saturated rings. The Balaban J connectivity index is 1.91. The second-order valence-corrected chi connectivity index (χ2v) is 7.89. The predicted molar refractivity (Wildman–Crippen MR) is 116 cm³/mol. The fourth-order valence-corrected chi connectivity index (χ4v) is 3.95. The highest BCUT2D eigenvalue weighted by molar-refractivity contribution is 7.99. The summed E-state index contributed by atoms with van der Waals surface area (Å²) in [5.41, 5.74) is 1.98. The van der Waals surface area contributed by atoms with Crippen molar-refractivity contribution < 1.29 is 14.5 Å². The van der Waals surface area contributed by atoms with Gasteiger partial charge in [-0.3, -0.25) is 19.8 Å². The molecule has 1 aliphatic rings. The highest BCUT2D eigenvalue weighted by Gasteiger charge is 2.35. The van der Waals surface area contributed by atoms with Crippen LogP contribution in [0.5, 0.6) is 5.88 Å². The van der Waals surface area contributed by atoms with Crippen molar-refractivity contribution >= 4 is 29.0 Å². The zero-order valence-corrected chi connectivity index (χ0v) is 17.7. The Hall–Kier alpha value is -3.53. The largest absolute Gasteiger partial charge is 0.447 e. The summed E-state index contributed by atoms with van der Waals surface area (Å²) in [6.07, 6.45) is -0.0102. The number of ether oxygens (including phenoxy) is 1. The summed E-state index contributed by atoms with van der Waals surface area (Å²) in [6.45, 7) is 3.47. The van der Waals surface area contributed by atoms with Crippen molar-refractivity contribution in [3.05, 3.63) is 64.2 Å². The predicted octanol–water partition coefficient (Wildman–Crippen LogP) is 4.39. The van der Waals surface area contributed by atoms with Crippen LogP contribution >= 0.6 is 11.8 Å². The normalized spacial score (nSPS) is 14.8. The lowest BCUT2D eigenvalue weighted by atomic mass is 10.1.